The maximum Gasteiger partial charge on any atom is 0.375 e. The van der Waals surface area contributed by atoms with Crippen LogP contribution in [0.2, 0.25) is 0 Å². The van der Waals surface area contributed by atoms with Crippen molar-refractivity contribution in [3.63, 3.8) is 0 Å². The Labute approximate surface area is 158 Å². The average molecular weight is 380 g/mol. The minimum Gasteiger partial charge on any atom is -0.449 e. The van der Waals surface area contributed by atoms with Crippen molar-refractivity contribution in [2.24, 2.45) is 5.73 Å². The highest BCUT2D eigenvalue weighted by Crippen LogP contribution is 2.21. The van der Waals surface area contributed by atoms with Crippen molar-refractivity contribution in [2.45, 2.75) is 13.0 Å². The Bertz CT molecular complexity index is 1120. The predicted octanol–water partition coefficient (Wildman–Crippen LogP) is 2.19. The zero-order chi connectivity index (χ0) is 20.3. The molecule has 0 radical (unpaired) electrons. The molecule has 8 heteroatoms. The van der Waals surface area contributed by atoms with Crippen molar-refractivity contribution < 1.29 is 23.5 Å². The molecule has 0 unspecified atom stereocenters. The van der Waals surface area contributed by atoms with Crippen molar-refractivity contribution >= 4 is 28.9 Å². The number of ether oxygens (including phenoxy) is 1. The van der Waals surface area contributed by atoms with Crippen molar-refractivity contribution in [1.82, 2.24) is 5.32 Å². The quantitative estimate of drug-likeness (QED) is 0.668. The number of urea groups is 1. The molecule has 8 nitrogen and oxygen atoms in total. The number of hydrogen-bond acceptors (Lipinski definition) is 6. The molecule has 0 spiro atoms. The fraction of sp³-hybridized carbons (Fsp3) is 0.100. The first-order valence-corrected chi connectivity index (χ1v) is 8.26. The fourth-order valence-electron chi connectivity index (χ4n) is 2.62. The number of esters is 1. The molecule has 0 aliphatic carbocycles. The van der Waals surface area contributed by atoms with Gasteiger partial charge in [-0.15, -0.1) is 0 Å². The van der Waals surface area contributed by atoms with E-state index in [0.717, 1.165) is 11.6 Å². The van der Waals surface area contributed by atoms with Crippen molar-refractivity contribution in [1.29, 1.82) is 0 Å². The third-order valence-electron chi connectivity index (χ3n) is 3.90. The number of nitrogens with two attached hydrogens (primary N) is 1. The van der Waals surface area contributed by atoms with Gasteiger partial charge in [-0.05, 0) is 19.1 Å². The molecule has 3 rings (SSSR count). The first-order chi connectivity index (χ1) is 13.3. The average Bonchev–Trinajstić information content (AvgIpc) is 2.66. The van der Waals surface area contributed by atoms with E-state index in [1.165, 1.54) is 12.1 Å². The zero-order valence-corrected chi connectivity index (χ0v) is 14.8. The minimum absolute atomic E-state index is 0.211. The van der Waals surface area contributed by atoms with Gasteiger partial charge >= 0.3 is 12.0 Å². The highest BCUT2D eigenvalue weighted by atomic mass is 16.6. The summed E-state index contributed by atoms with van der Waals surface area (Å²) in [4.78, 5) is 48.1. The van der Waals surface area contributed by atoms with Gasteiger partial charge in [0.1, 0.15) is 5.58 Å². The van der Waals surface area contributed by atoms with Crippen LogP contribution in [0.3, 0.4) is 0 Å². The molecule has 0 bridgehead atoms. The molecule has 0 fully saturated rings. The second-order valence-electron chi connectivity index (χ2n) is 6.02. The molecular weight excluding hydrogens is 364 g/mol. The van der Waals surface area contributed by atoms with Crippen LogP contribution in [0.1, 0.15) is 27.8 Å². The van der Waals surface area contributed by atoms with Gasteiger partial charge in [-0.25, -0.2) is 9.59 Å². The van der Waals surface area contributed by atoms with E-state index in [2.05, 4.69) is 0 Å². The Kier molecular flexibility index (Phi) is 5.21. The fourth-order valence-corrected chi connectivity index (χ4v) is 2.62. The Hall–Kier alpha value is -3.94. The lowest BCUT2D eigenvalue weighted by atomic mass is 10.1. The molecule has 3 amide bonds. The van der Waals surface area contributed by atoms with Crippen molar-refractivity contribution in [3.05, 3.63) is 81.7 Å². The van der Waals surface area contributed by atoms with Gasteiger partial charge in [-0.1, -0.05) is 42.0 Å². The van der Waals surface area contributed by atoms with E-state index in [9.17, 15) is 19.2 Å². The van der Waals surface area contributed by atoms with E-state index in [1.54, 1.807) is 36.4 Å². The molecule has 0 aliphatic heterocycles. The number of primary amides is 1. The van der Waals surface area contributed by atoms with Crippen LogP contribution < -0.4 is 16.5 Å². The van der Waals surface area contributed by atoms with E-state index < -0.39 is 29.4 Å². The molecule has 3 N–H and O–H groups in total. The predicted molar refractivity (Wildman–Crippen MR) is 99.5 cm³/mol. The summed E-state index contributed by atoms with van der Waals surface area (Å²) < 4.78 is 10.7. The minimum atomic E-state index is -1.46. The summed E-state index contributed by atoms with van der Waals surface area (Å²) in [5, 5.41) is 2.20. The summed E-state index contributed by atoms with van der Waals surface area (Å²) in [5.41, 5.74) is 5.94. The number of aryl methyl sites for hydroxylation is 1. The number of amides is 3. The maximum absolute atomic E-state index is 12.5. The van der Waals surface area contributed by atoms with Gasteiger partial charge in [0.2, 0.25) is 11.9 Å². The first-order valence-electron chi connectivity index (χ1n) is 8.26. The summed E-state index contributed by atoms with van der Waals surface area (Å²) in [6.45, 7) is 1.82. The number of benzene rings is 2. The summed E-state index contributed by atoms with van der Waals surface area (Å²) in [5.74, 6) is -2.33. The largest absolute Gasteiger partial charge is 0.449 e. The molecule has 2 aromatic carbocycles. The van der Waals surface area contributed by atoms with Gasteiger partial charge < -0.3 is 14.9 Å². The van der Waals surface area contributed by atoms with Gasteiger partial charge in [0, 0.05) is 11.6 Å². The molecule has 0 saturated carbocycles. The van der Waals surface area contributed by atoms with Gasteiger partial charge in [-0.3, -0.25) is 14.9 Å². The highest BCUT2D eigenvalue weighted by Gasteiger charge is 2.28. The van der Waals surface area contributed by atoms with Crippen LogP contribution >= 0.6 is 0 Å². The van der Waals surface area contributed by atoms with E-state index in [1.807, 2.05) is 12.2 Å². The van der Waals surface area contributed by atoms with E-state index in [0.29, 0.717) is 10.9 Å². The van der Waals surface area contributed by atoms with Crippen LogP contribution in [0.15, 0.2) is 63.8 Å². The van der Waals surface area contributed by atoms with E-state index in [4.69, 9.17) is 14.9 Å². The number of fused-ring (bicyclic) bond motifs is 1. The lowest BCUT2D eigenvalue weighted by Gasteiger charge is -2.16. The Morgan fingerprint density at radius 3 is 2.46 bits per heavy atom. The lowest BCUT2D eigenvalue weighted by molar-refractivity contribution is -0.129. The van der Waals surface area contributed by atoms with Gasteiger partial charge in [-0.2, -0.15) is 0 Å². The van der Waals surface area contributed by atoms with Crippen LogP contribution in [0.4, 0.5) is 4.79 Å². The summed E-state index contributed by atoms with van der Waals surface area (Å²) >= 11 is 0. The molecule has 28 heavy (non-hydrogen) atoms. The summed E-state index contributed by atoms with van der Waals surface area (Å²) in [7, 11) is 0. The first kappa shape index (κ1) is 18.8. The molecule has 0 aliphatic rings. The summed E-state index contributed by atoms with van der Waals surface area (Å²) in [6.07, 6.45) is -1.46. The molecule has 142 valence electrons. The molecule has 3 aromatic rings. The van der Waals surface area contributed by atoms with E-state index >= 15 is 0 Å². The third-order valence-corrected chi connectivity index (χ3v) is 3.90. The number of nitrogens with one attached hydrogen (secondary N) is 1. The van der Waals surface area contributed by atoms with Gasteiger partial charge in [0.15, 0.2) is 5.43 Å². The molecule has 1 atom stereocenters. The second kappa shape index (κ2) is 7.75. The smallest absolute Gasteiger partial charge is 0.375 e. The van der Waals surface area contributed by atoms with Crippen molar-refractivity contribution in [3.8, 4) is 0 Å². The molecule has 1 heterocycles. The van der Waals surface area contributed by atoms with E-state index in [-0.39, 0.29) is 11.3 Å². The van der Waals surface area contributed by atoms with Crippen LogP contribution in [-0.2, 0) is 9.53 Å². The number of hydrogen-bond donors (Lipinski definition) is 2. The third kappa shape index (κ3) is 4.07. The van der Waals surface area contributed by atoms with Gasteiger partial charge in [0.25, 0.3) is 5.91 Å². The van der Waals surface area contributed by atoms with Crippen molar-refractivity contribution in [2.75, 3.05) is 0 Å². The Morgan fingerprint density at radius 1 is 1.07 bits per heavy atom. The summed E-state index contributed by atoms with van der Waals surface area (Å²) in [6, 6.07) is 12.9. The lowest BCUT2D eigenvalue weighted by Crippen LogP contribution is -2.39. The highest BCUT2D eigenvalue weighted by molar-refractivity contribution is 5.98. The van der Waals surface area contributed by atoms with Gasteiger partial charge in [0.05, 0.1) is 5.39 Å². The Morgan fingerprint density at radius 2 is 1.79 bits per heavy atom. The van der Waals surface area contributed by atoms with Crippen LogP contribution in [0, 0.1) is 6.92 Å². The van der Waals surface area contributed by atoms with Crippen LogP contribution in [0.25, 0.3) is 11.0 Å². The maximum atomic E-state index is 12.5. The van der Waals surface area contributed by atoms with Crippen LogP contribution in [-0.4, -0.2) is 17.9 Å². The normalized spacial score (nSPS) is 11.6. The number of carbonyl (C=O) groups is 3. The SMILES string of the molecule is Cc1ccc2oc(C(=O)O[C@@H](C(=O)NC(N)=O)c3ccccc3)cc(=O)c2c1. The second-order valence-corrected chi connectivity index (χ2v) is 6.02. The standard InChI is InChI=1S/C20H16N2O6/c1-11-7-8-15-13(9-11)14(23)10-16(27-15)19(25)28-17(18(24)22-20(21)26)12-5-3-2-4-6-12/h2-10,17H,1H3,(H3,21,22,24,26)/t17-/m1/s1. The monoisotopic (exact) mass is 380 g/mol. The van der Waals surface area contributed by atoms with Crippen LogP contribution in [0.5, 0.6) is 0 Å². The molecule has 1 aromatic heterocycles. The number of carbonyl (C=O) groups excluding carboxylic acids is 3. The Balaban J connectivity index is 1.94. The molecular formula is C20H16N2O6. The number of rotatable bonds is 4. The molecule has 0 saturated heterocycles. The topological polar surface area (TPSA) is 129 Å². The number of imide groups is 1. The zero-order valence-electron chi connectivity index (χ0n) is 14.8.